The molecular weight excluding hydrogens is 218 g/mol. The van der Waals surface area contributed by atoms with E-state index >= 15 is 0 Å². The van der Waals surface area contributed by atoms with Crippen LogP contribution in [0.5, 0.6) is 0 Å². The second kappa shape index (κ2) is 5.30. The van der Waals surface area contributed by atoms with E-state index in [1.54, 1.807) is 0 Å². The van der Waals surface area contributed by atoms with Crippen LogP contribution in [-0.2, 0) is 11.3 Å². The van der Waals surface area contributed by atoms with Crippen molar-refractivity contribution in [3.8, 4) is 0 Å². The van der Waals surface area contributed by atoms with Crippen molar-refractivity contribution < 1.29 is 14.6 Å². The van der Waals surface area contributed by atoms with Gasteiger partial charge in [-0.3, -0.25) is 0 Å². The third kappa shape index (κ3) is 3.17. The van der Waals surface area contributed by atoms with Crippen LogP contribution >= 0.6 is 0 Å². The number of benzene rings is 1. The Labute approximate surface area is 99.3 Å². The summed E-state index contributed by atoms with van der Waals surface area (Å²) in [7, 11) is 0. The number of carbonyl (C=O) groups is 1. The zero-order valence-corrected chi connectivity index (χ0v) is 9.30. The summed E-state index contributed by atoms with van der Waals surface area (Å²) in [4.78, 5) is 15.1. The van der Waals surface area contributed by atoms with E-state index in [4.69, 9.17) is 9.84 Å². The Morgan fingerprint density at radius 2 is 2.06 bits per heavy atom. The fourth-order valence-corrected chi connectivity index (χ4v) is 1.52. The van der Waals surface area contributed by atoms with Gasteiger partial charge < -0.3 is 9.84 Å². The van der Waals surface area contributed by atoms with E-state index in [0.29, 0.717) is 12.8 Å². The molecule has 88 valence electrons. The van der Waals surface area contributed by atoms with Crippen LogP contribution in [0.2, 0.25) is 0 Å². The third-order valence-electron chi connectivity index (χ3n) is 2.50. The Morgan fingerprint density at radius 3 is 2.71 bits per heavy atom. The van der Waals surface area contributed by atoms with Gasteiger partial charge in [-0.25, -0.2) is 4.79 Å². The van der Waals surface area contributed by atoms with Crippen LogP contribution in [0.3, 0.4) is 0 Å². The van der Waals surface area contributed by atoms with Gasteiger partial charge in [-0.15, -0.1) is 0 Å². The lowest BCUT2D eigenvalue weighted by molar-refractivity contribution is 0.150. The summed E-state index contributed by atoms with van der Waals surface area (Å²) >= 11 is 0. The normalized spacial score (nSPS) is 13.9. The maximum atomic E-state index is 11.3. The van der Waals surface area contributed by atoms with Gasteiger partial charge in [-0.05, 0) is 11.1 Å². The molecule has 1 saturated carbocycles. The lowest BCUT2D eigenvalue weighted by Gasteiger charge is -2.17. The molecule has 4 heteroatoms. The molecule has 1 aromatic rings. The summed E-state index contributed by atoms with van der Waals surface area (Å²) in [5, 5.41) is 8.66. The molecule has 0 aliphatic heterocycles. The van der Waals surface area contributed by atoms with Gasteiger partial charge in [0.1, 0.15) is 6.61 Å². The molecule has 0 spiro atoms. The maximum absolute atomic E-state index is 11.3. The molecule has 17 heavy (non-hydrogen) atoms. The Hall–Kier alpha value is -2.10. The molecule has 0 bridgehead atoms. The molecule has 1 N–H and O–H groups in total. The van der Waals surface area contributed by atoms with Gasteiger partial charge in [0.15, 0.2) is 0 Å². The van der Waals surface area contributed by atoms with Gasteiger partial charge in [0, 0.05) is 18.6 Å². The van der Waals surface area contributed by atoms with Crippen molar-refractivity contribution in [1.29, 1.82) is 0 Å². The minimum Gasteiger partial charge on any atom is -0.516 e. The number of aliphatic hydroxyl groups excluding tert-OH is 1. The predicted molar refractivity (Wildman–Crippen MR) is 64.0 cm³/mol. The van der Waals surface area contributed by atoms with Crippen molar-refractivity contribution in [1.82, 2.24) is 0 Å². The molecule has 1 amide bonds. The first-order valence-corrected chi connectivity index (χ1v) is 5.37. The maximum Gasteiger partial charge on any atom is 0.433 e. The minimum atomic E-state index is -0.569. The monoisotopic (exact) mass is 231 g/mol. The van der Waals surface area contributed by atoms with E-state index in [-0.39, 0.29) is 6.61 Å². The van der Waals surface area contributed by atoms with Crippen molar-refractivity contribution in [3.63, 3.8) is 0 Å². The Bertz CT molecular complexity index is 453. The topological polar surface area (TPSA) is 58.9 Å². The van der Waals surface area contributed by atoms with Crippen LogP contribution in [-0.4, -0.2) is 16.9 Å². The number of allylic oxidation sites excluding steroid dienone is 1. The molecule has 0 saturated heterocycles. The first-order valence-electron chi connectivity index (χ1n) is 5.37. The SMILES string of the molecule is O=C(N=C1CC(=CO)C1)OCc1ccccc1. The number of rotatable bonds is 2. The Kier molecular flexibility index (Phi) is 3.55. The molecule has 4 nitrogen and oxygen atoms in total. The first kappa shape index (κ1) is 11.4. The zero-order chi connectivity index (χ0) is 12.1. The molecule has 1 aromatic carbocycles. The summed E-state index contributed by atoms with van der Waals surface area (Å²) in [5.41, 5.74) is 2.58. The van der Waals surface area contributed by atoms with Crippen molar-refractivity contribution in [2.24, 2.45) is 4.99 Å². The molecule has 1 aliphatic carbocycles. The minimum absolute atomic E-state index is 0.235. The molecule has 1 aliphatic rings. The zero-order valence-electron chi connectivity index (χ0n) is 9.30. The predicted octanol–water partition coefficient (Wildman–Crippen LogP) is 3.00. The van der Waals surface area contributed by atoms with Gasteiger partial charge in [0.25, 0.3) is 0 Å². The number of hydrogen-bond donors (Lipinski definition) is 1. The average Bonchev–Trinajstić information content (AvgIpc) is 2.32. The standard InChI is InChI=1S/C13H13NO3/c15-8-11-6-12(7-11)14-13(16)17-9-10-4-2-1-3-5-10/h1-5,8,15H,6-7,9H2. The fraction of sp³-hybridized carbons (Fsp3) is 0.231. The number of nitrogens with zero attached hydrogens (tertiary/aromatic N) is 1. The highest BCUT2D eigenvalue weighted by Gasteiger charge is 2.18. The second-order valence-corrected chi connectivity index (χ2v) is 3.86. The summed E-state index contributed by atoms with van der Waals surface area (Å²) in [6, 6.07) is 9.45. The molecule has 0 heterocycles. The fourth-order valence-electron chi connectivity index (χ4n) is 1.52. The average molecular weight is 231 g/mol. The van der Waals surface area contributed by atoms with Gasteiger partial charge in [0.2, 0.25) is 0 Å². The summed E-state index contributed by atoms with van der Waals surface area (Å²) in [6.07, 6.45) is 1.63. The van der Waals surface area contributed by atoms with E-state index in [1.165, 1.54) is 0 Å². The first-order chi connectivity index (χ1) is 8.28. The second-order valence-electron chi connectivity index (χ2n) is 3.86. The van der Waals surface area contributed by atoms with Crippen molar-refractivity contribution >= 4 is 11.8 Å². The molecule has 0 aromatic heterocycles. The lowest BCUT2D eigenvalue weighted by atomic mass is 9.91. The van der Waals surface area contributed by atoms with Crippen LogP contribution < -0.4 is 0 Å². The summed E-state index contributed by atoms with van der Waals surface area (Å²) < 4.78 is 4.99. The molecule has 2 rings (SSSR count). The van der Waals surface area contributed by atoms with Gasteiger partial charge in [-0.1, -0.05) is 30.3 Å². The largest absolute Gasteiger partial charge is 0.516 e. The quantitative estimate of drug-likeness (QED) is 0.796. The highest BCUT2D eigenvalue weighted by molar-refractivity contribution is 6.01. The third-order valence-corrected chi connectivity index (χ3v) is 2.50. The van der Waals surface area contributed by atoms with Crippen molar-refractivity contribution in [2.45, 2.75) is 19.4 Å². The van der Waals surface area contributed by atoms with E-state index in [0.717, 1.165) is 23.1 Å². The number of hydrogen-bond acceptors (Lipinski definition) is 3. The van der Waals surface area contributed by atoms with Gasteiger partial charge in [0.05, 0.1) is 6.26 Å². The van der Waals surface area contributed by atoms with Gasteiger partial charge in [-0.2, -0.15) is 4.99 Å². The van der Waals surface area contributed by atoms with E-state index < -0.39 is 6.09 Å². The number of aliphatic hydroxyl groups is 1. The smallest absolute Gasteiger partial charge is 0.433 e. The van der Waals surface area contributed by atoms with Crippen LogP contribution in [0.25, 0.3) is 0 Å². The number of carbonyl (C=O) groups excluding carboxylic acids is 1. The number of aliphatic imine (C=N–C) groups is 1. The number of ether oxygens (including phenoxy) is 1. The van der Waals surface area contributed by atoms with Crippen LogP contribution in [0.1, 0.15) is 18.4 Å². The molecular formula is C13H13NO3. The van der Waals surface area contributed by atoms with Crippen LogP contribution in [0, 0.1) is 0 Å². The van der Waals surface area contributed by atoms with E-state index in [9.17, 15) is 4.79 Å². The van der Waals surface area contributed by atoms with Crippen molar-refractivity contribution in [3.05, 3.63) is 47.7 Å². The van der Waals surface area contributed by atoms with Crippen LogP contribution in [0.15, 0.2) is 47.2 Å². The Morgan fingerprint density at radius 1 is 1.35 bits per heavy atom. The Balaban J connectivity index is 1.79. The van der Waals surface area contributed by atoms with Gasteiger partial charge >= 0.3 is 6.09 Å². The molecule has 0 atom stereocenters. The lowest BCUT2D eigenvalue weighted by Crippen LogP contribution is -2.16. The number of amides is 1. The highest BCUT2D eigenvalue weighted by atomic mass is 16.5. The summed E-state index contributed by atoms with van der Waals surface area (Å²) in [6.45, 7) is 0.235. The summed E-state index contributed by atoms with van der Waals surface area (Å²) in [5.74, 6) is 0. The van der Waals surface area contributed by atoms with E-state index in [2.05, 4.69) is 4.99 Å². The van der Waals surface area contributed by atoms with E-state index in [1.807, 2.05) is 30.3 Å². The molecule has 0 radical (unpaired) electrons. The van der Waals surface area contributed by atoms with Crippen LogP contribution in [0.4, 0.5) is 4.79 Å². The van der Waals surface area contributed by atoms with Crippen molar-refractivity contribution in [2.75, 3.05) is 0 Å². The molecule has 1 fully saturated rings. The molecule has 0 unspecified atom stereocenters. The highest BCUT2D eigenvalue weighted by Crippen LogP contribution is 2.22.